The van der Waals surface area contributed by atoms with Crippen LogP contribution in [-0.4, -0.2) is 44.2 Å². The molecule has 0 spiro atoms. The minimum absolute atomic E-state index is 0.0198. The van der Waals surface area contributed by atoms with E-state index in [0.29, 0.717) is 5.56 Å². The Bertz CT molecular complexity index is 1230. The molecule has 0 saturated heterocycles. The molecule has 39 heavy (non-hydrogen) atoms. The van der Waals surface area contributed by atoms with Gasteiger partial charge in [-0.05, 0) is 44.4 Å². The van der Waals surface area contributed by atoms with E-state index in [4.69, 9.17) is 5.11 Å². The number of hydrogen-bond acceptors (Lipinski definition) is 5. The Kier molecular flexibility index (Phi) is 11.1. The maximum Gasteiger partial charge on any atom is 0.272 e. The number of carbonyl (C=O) groups excluding carboxylic acids is 2. The summed E-state index contributed by atoms with van der Waals surface area (Å²) in [7, 11) is 0. The summed E-state index contributed by atoms with van der Waals surface area (Å²) in [5, 5.41) is 32.9. The van der Waals surface area contributed by atoms with Crippen molar-refractivity contribution in [2.75, 3.05) is 0 Å². The first-order valence-corrected chi connectivity index (χ1v) is 13.4. The molecule has 3 aromatic rings. The average molecular weight is 531 g/mol. The van der Waals surface area contributed by atoms with Crippen molar-refractivity contribution in [3.05, 3.63) is 107 Å². The summed E-state index contributed by atoms with van der Waals surface area (Å²) in [6, 6.07) is 24.2. The lowest BCUT2D eigenvalue weighted by atomic mass is 9.95. The first kappa shape index (κ1) is 29.5. The molecule has 1 saturated carbocycles. The topological polar surface area (TPSA) is 110 Å². The van der Waals surface area contributed by atoms with Gasteiger partial charge in [-0.3, -0.25) is 14.5 Å². The van der Waals surface area contributed by atoms with E-state index >= 15 is 0 Å². The molecule has 0 unspecified atom stereocenters. The Labute approximate surface area is 230 Å². The van der Waals surface area contributed by atoms with Crippen molar-refractivity contribution in [1.29, 1.82) is 0 Å². The van der Waals surface area contributed by atoms with Crippen molar-refractivity contribution in [2.24, 2.45) is 0 Å². The summed E-state index contributed by atoms with van der Waals surface area (Å²) in [5.41, 5.74) is 1.11. The molecule has 0 bridgehead atoms. The van der Waals surface area contributed by atoms with E-state index in [0.717, 1.165) is 37.7 Å². The number of carbonyl (C=O) groups is 2. The van der Waals surface area contributed by atoms with E-state index in [-0.39, 0.29) is 41.5 Å². The van der Waals surface area contributed by atoms with E-state index in [9.17, 15) is 19.8 Å². The van der Waals surface area contributed by atoms with Crippen molar-refractivity contribution in [3.63, 3.8) is 0 Å². The molecular formula is C32H38N2O5. The van der Waals surface area contributed by atoms with Gasteiger partial charge in [-0.2, -0.15) is 0 Å². The second kappa shape index (κ2) is 14.7. The molecule has 0 aromatic heterocycles. The molecule has 1 aliphatic carbocycles. The number of para-hydroxylation sites is 1. The second-order valence-corrected chi connectivity index (χ2v) is 9.86. The van der Waals surface area contributed by atoms with Crippen LogP contribution in [0.2, 0.25) is 0 Å². The molecule has 7 nitrogen and oxygen atoms in total. The van der Waals surface area contributed by atoms with Crippen LogP contribution in [0.4, 0.5) is 0 Å². The van der Waals surface area contributed by atoms with Crippen LogP contribution < -0.4 is 5.32 Å². The minimum atomic E-state index is -0.580. The van der Waals surface area contributed by atoms with Gasteiger partial charge in [0.05, 0.1) is 12.1 Å². The highest BCUT2D eigenvalue weighted by molar-refractivity contribution is 6.07. The molecule has 0 aliphatic heterocycles. The van der Waals surface area contributed by atoms with E-state index in [1.807, 2.05) is 36.4 Å². The number of nitrogens with zero attached hydrogens (tertiary/aromatic N) is 1. The summed E-state index contributed by atoms with van der Waals surface area (Å²) in [6.07, 6.45) is 4.74. The summed E-state index contributed by atoms with van der Waals surface area (Å²) >= 11 is 0. The molecule has 0 heterocycles. The Morgan fingerprint density at radius 3 is 2.00 bits per heavy atom. The molecular weight excluding hydrogens is 492 g/mol. The van der Waals surface area contributed by atoms with E-state index in [1.54, 1.807) is 50.2 Å². The number of phenols is 1. The summed E-state index contributed by atoms with van der Waals surface area (Å²) < 4.78 is 0. The fourth-order valence-corrected chi connectivity index (χ4v) is 4.41. The number of amides is 2. The third-order valence-electron chi connectivity index (χ3n) is 6.26. The van der Waals surface area contributed by atoms with Crippen LogP contribution in [0, 0.1) is 0 Å². The molecule has 4 rings (SSSR count). The maximum absolute atomic E-state index is 13.8. The number of rotatable bonds is 7. The third kappa shape index (κ3) is 8.72. The van der Waals surface area contributed by atoms with Crippen molar-refractivity contribution in [2.45, 2.75) is 64.6 Å². The number of aromatic hydroxyl groups is 1. The summed E-state index contributed by atoms with van der Waals surface area (Å²) in [5.74, 6) is -1.58. The number of phenolic OH excluding ortho intramolecular Hbond substituents is 1. The van der Waals surface area contributed by atoms with Gasteiger partial charge in [-0.25, -0.2) is 0 Å². The Hall–Kier alpha value is -4.10. The Morgan fingerprint density at radius 2 is 1.41 bits per heavy atom. The fraction of sp³-hybridized carbons (Fsp3) is 0.312. The smallest absolute Gasteiger partial charge is 0.272 e. The standard InChI is InChI=1S/C29H30N2O4.C3H8O/c32-25-19-11-10-18-24(25)29(35)31(20-21-12-4-1-5-13-21)26(27(33)22-14-6-2-7-15-22)28(34)30-23-16-8-3-9-17-23;1-3(2)4/h1-2,4-7,10-15,18-19,23,32-33H,3,8-9,16-17,20H2,(H,30,34);3-4H,1-2H3/b27-26+;. The lowest BCUT2D eigenvalue weighted by molar-refractivity contribution is -0.119. The predicted molar refractivity (Wildman–Crippen MR) is 153 cm³/mol. The van der Waals surface area contributed by atoms with Gasteiger partial charge in [0.25, 0.3) is 11.8 Å². The van der Waals surface area contributed by atoms with Gasteiger partial charge in [0, 0.05) is 17.7 Å². The average Bonchev–Trinajstić information content (AvgIpc) is 2.94. The molecule has 2 amide bonds. The largest absolute Gasteiger partial charge is 0.507 e. The molecule has 0 atom stereocenters. The van der Waals surface area contributed by atoms with Crippen LogP contribution in [0.5, 0.6) is 5.75 Å². The Morgan fingerprint density at radius 1 is 0.872 bits per heavy atom. The van der Waals surface area contributed by atoms with Gasteiger partial charge in [0.2, 0.25) is 0 Å². The normalized spacial score (nSPS) is 14.1. The van der Waals surface area contributed by atoms with Gasteiger partial charge >= 0.3 is 0 Å². The number of hydrogen-bond donors (Lipinski definition) is 4. The first-order valence-electron chi connectivity index (χ1n) is 13.4. The monoisotopic (exact) mass is 530 g/mol. The van der Waals surface area contributed by atoms with Crippen LogP contribution in [0.15, 0.2) is 90.6 Å². The van der Waals surface area contributed by atoms with Gasteiger partial charge in [0.15, 0.2) is 11.5 Å². The zero-order valence-corrected chi connectivity index (χ0v) is 22.6. The maximum atomic E-state index is 13.8. The van der Waals surface area contributed by atoms with Crippen molar-refractivity contribution >= 4 is 17.6 Å². The lowest BCUT2D eigenvalue weighted by Crippen LogP contribution is -2.43. The highest BCUT2D eigenvalue weighted by Crippen LogP contribution is 2.27. The van der Waals surface area contributed by atoms with Crippen LogP contribution in [-0.2, 0) is 11.3 Å². The summed E-state index contributed by atoms with van der Waals surface area (Å²) in [4.78, 5) is 28.7. The van der Waals surface area contributed by atoms with Gasteiger partial charge in [-0.15, -0.1) is 0 Å². The molecule has 7 heteroatoms. The van der Waals surface area contributed by atoms with Gasteiger partial charge in [-0.1, -0.05) is 92.1 Å². The van der Waals surface area contributed by atoms with Gasteiger partial charge in [0.1, 0.15) is 5.75 Å². The van der Waals surface area contributed by atoms with Crippen LogP contribution >= 0.6 is 0 Å². The van der Waals surface area contributed by atoms with E-state index in [2.05, 4.69) is 5.32 Å². The molecule has 0 radical (unpaired) electrons. The molecule has 4 N–H and O–H groups in total. The zero-order chi connectivity index (χ0) is 28.2. The molecule has 1 fully saturated rings. The highest BCUT2D eigenvalue weighted by Gasteiger charge is 2.31. The second-order valence-electron chi connectivity index (χ2n) is 9.86. The third-order valence-corrected chi connectivity index (χ3v) is 6.26. The fourth-order valence-electron chi connectivity index (χ4n) is 4.41. The number of aliphatic hydroxyl groups is 2. The molecule has 206 valence electrons. The first-order chi connectivity index (χ1) is 18.8. The predicted octanol–water partition coefficient (Wildman–Crippen LogP) is 5.80. The SMILES string of the molecule is CC(C)O.O=C(NC1CCCCC1)/C(=C(\O)c1ccccc1)N(Cc1ccccc1)C(=O)c1ccccc1O. The Balaban J connectivity index is 0.000000983. The number of aliphatic hydroxyl groups excluding tert-OH is 2. The quantitative estimate of drug-likeness (QED) is 0.228. The van der Waals surface area contributed by atoms with E-state index < -0.39 is 11.8 Å². The number of benzene rings is 3. The number of nitrogens with one attached hydrogen (secondary N) is 1. The van der Waals surface area contributed by atoms with Gasteiger partial charge < -0.3 is 20.6 Å². The van der Waals surface area contributed by atoms with Crippen LogP contribution in [0.3, 0.4) is 0 Å². The lowest BCUT2D eigenvalue weighted by Gasteiger charge is -2.29. The highest BCUT2D eigenvalue weighted by atomic mass is 16.3. The summed E-state index contributed by atoms with van der Waals surface area (Å²) in [6.45, 7) is 3.48. The van der Waals surface area contributed by atoms with Crippen LogP contribution in [0.1, 0.15) is 67.4 Å². The molecule has 1 aliphatic rings. The van der Waals surface area contributed by atoms with Crippen molar-refractivity contribution < 1.29 is 24.9 Å². The van der Waals surface area contributed by atoms with E-state index in [1.165, 1.54) is 17.0 Å². The van der Waals surface area contributed by atoms with Crippen molar-refractivity contribution in [1.82, 2.24) is 10.2 Å². The minimum Gasteiger partial charge on any atom is -0.507 e. The van der Waals surface area contributed by atoms with Crippen molar-refractivity contribution in [3.8, 4) is 5.75 Å². The molecule has 3 aromatic carbocycles. The zero-order valence-electron chi connectivity index (χ0n) is 22.6. The van der Waals surface area contributed by atoms with Crippen LogP contribution in [0.25, 0.3) is 5.76 Å².